The van der Waals surface area contributed by atoms with Gasteiger partial charge in [-0.15, -0.1) is 0 Å². The molecule has 1 heterocycles. The molecule has 0 bridgehead atoms. The average molecular weight is 538 g/mol. The first-order chi connectivity index (χ1) is 18.0. The van der Waals surface area contributed by atoms with E-state index in [4.69, 9.17) is 9.16 Å². The lowest BCUT2D eigenvalue weighted by Crippen LogP contribution is -2.63. The van der Waals surface area contributed by atoms with Gasteiger partial charge in [-0.25, -0.2) is 0 Å². The van der Waals surface area contributed by atoms with Crippen LogP contribution in [0.25, 0.3) is 0 Å². The molecular formula is C30H37O7Si. The first-order valence-corrected chi connectivity index (χ1v) is 14.2. The molecule has 5 N–H and O–H groups in total. The van der Waals surface area contributed by atoms with E-state index in [9.17, 15) is 25.5 Å². The summed E-state index contributed by atoms with van der Waals surface area (Å²) in [6, 6.07) is 25.4. The summed E-state index contributed by atoms with van der Waals surface area (Å²) in [5, 5.41) is 54.6. The Labute approximate surface area is 225 Å². The number of aliphatic hydroxyl groups is 5. The van der Waals surface area contributed by atoms with Crippen molar-refractivity contribution in [3.63, 3.8) is 0 Å². The van der Waals surface area contributed by atoms with Gasteiger partial charge < -0.3 is 34.7 Å². The molecule has 1 aliphatic rings. The molecule has 38 heavy (non-hydrogen) atoms. The van der Waals surface area contributed by atoms with Gasteiger partial charge in [-0.2, -0.15) is 0 Å². The predicted octanol–water partition coefficient (Wildman–Crippen LogP) is 1.52. The second kappa shape index (κ2) is 11.4. The van der Waals surface area contributed by atoms with E-state index in [0.29, 0.717) is 0 Å². The summed E-state index contributed by atoms with van der Waals surface area (Å²) in [6.45, 7) is 7.57. The predicted molar refractivity (Wildman–Crippen MR) is 146 cm³/mol. The minimum atomic E-state index is -2.34. The highest BCUT2D eigenvalue weighted by Crippen LogP contribution is 2.42. The maximum atomic E-state index is 11.4. The van der Waals surface area contributed by atoms with Crippen LogP contribution >= 0.6 is 0 Å². The Bertz CT molecular complexity index is 1160. The largest absolute Gasteiger partial charge is 0.400 e. The molecule has 1 aliphatic heterocycles. The zero-order valence-corrected chi connectivity index (χ0v) is 23.2. The first-order valence-electron chi connectivity index (χ1n) is 12.8. The lowest BCUT2D eigenvalue weighted by Gasteiger charge is -2.46. The van der Waals surface area contributed by atoms with Gasteiger partial charge in [0.1, 0.15) is 24.4 Å². The van der Waals surface area contributed by atoms with Crippen LogP contribution in [0.4, 0.5) is 0 Å². The second-order valence-electron chi connectivity index (χ2n) is 11.0. The molecule has 0 aromatic heterocycles. The average Bonchev–Trinajstić information content (AvgIpc) is 2.91. The van der Waals surface area contributed by atoms with Crippen LogP contribution in [-0.2, 0) is 14.9 Å². The van der Waals surface area contributed by atoms with Crippen LogP contribution in [0.2, 0.25) is 0 Å². The summed E-state index contributed by atoms with van der Waals surface area (Å²) in [5.74, 6) is -2.34. The van der Waals surface area contributed by atoms with Crippen LogP contribution in [0.5, 0.6) is 0 Å². The molecule has 1 fully saturated rings. The Kier molecular flexibility index (Phi) is 8.56. The number of hydrogen-bond acceptors (Lipinski definition) is 7. The highest BCUT2D eigenvalue weighted by atomic mass is 28.3. The summed E-state index contributed by atoms with van der Waals surface area (Å²) < 4.78 is 12.6. The maximum absolute atomic E-state index is 11.4. The zero-order chi connectivity index (χ0) is 27.7. The van der Waals surface area contributed by atoms with E-state index in [2.05, 4.69) is 45.0 Å². The topological polar surface area (TPSA) is 120 Å². The molecule has 1 saturated heterocycles. The van der Waals surface area contributed by atoms with Gasteiger partial charge in [-0.1, -0.05) is 93.6 Å². The van der Waals surface area contributed by atoms with Crippen molar-refractivity contribution in [3.8, 4) is 0 Å². The number of aliphatic hydroxyl groups excluding tert-OH is 4. The molecule has 1 radical (unpaired) electrons. The smallest absolute Gasteiger partial charge is 0.283 e. The molecule has 0 spiro atoms. The van der Waals surface area contributed by atoms with E-state index in [1.807, 2.05) is 49.4 Å². The third-order valence-electron chi connectivity index (χ3n) is 7.04. The van der Waals surface area contributed by atoms with E-state index in [1.54, 1.807) is 12.1 Å². The summed E-state index contributed by atoms with van der Waals surface area (Å²) in [4.78, 5) is 0. The number of hydrogen-bond donors (Lipinski definition) is 5. The number of rotatable bonds is 7. The standard InChI is InChI=1S/C30H37O7Si/c1-19-15-16-20(30(35)27(34)26(33)25(32)24(18-31)36-30)17-23(19)28(29(2,3)4)37-38(21-11-7-5-8-12-21)22-13-9-6-10-14-22/h5-17,24-28,31-35H,18H2,1-4H3/t24-,25-,26+,27-,28?,30-/m1/s1. The van der Waals surface area contributed by atoms with E-state index in [0.717, 1.165) is 21.5 Å². The fourth-order valence-electron chi connectivity index (χ4n) is 4.84. The highest BCUT2D eigenvalue weighted by Gasteiger charge is 2.53. The third kappa shape index (κ3) is 5.63. The van der Waals surface area contributed by atoms with Crippen LogP contribution in [0.15, 0.2) is 78.9 Å². The van der Waals surface area contributed by atoms with Crippen molar-refractivity contribution < 1.29 is 34.7 Å². The van der Waals surface area contributed by atoms with Crippen molar-refractivity contribution >= 4 is 19.4 Å². The van der Waals surface area contributed by atoms with Gasteiger partial charge in [0.05, 0.1) is 12.7 Å². The number of aryl methyl sites for hydroxylation is 1. The summed E-state index contributed by atoms with van der Waals surface area (Å²) in [5.41, 5.74) is 1.56. The van der Waals surface area contributed by atoms with Gasteiger partial charge in [-0.3, -0.25) is 0 Å². The molecule has 3 aromatic rings. The quantitative estimate of drug-likeness (QED) is 0.290. The molecule has 8 heteroatoms. The summed E-state index contributed by atoms with van der Waals surface area (Å²) in [7, 11) is -1.68. The molecular weight excluding hydrogens is 500 g/mol. The first kappa shape index (κ1) is 28.6. The molecule has 3 aromatic carbocycles. The van der Waals surface area contributed by atoms with Gasteiger partial charge in [0, 0.05) is 5.56 Å². The Balaban J connectivity index is 1.79. The molecule has 1 unspecified atom stereocenters. The van der Waals surface area contributed by atoms with Crippen LogP contribution in [0.1, 0.15) is 43.6 Å². The minimum Gasteiger partial charge on any atom is -0.400 e. The fourth-order valence-corrected chi connectivity index (χ4v) is 7.16. The Morgan fingerprint density at radius 1 is 0.895 bits per heavy atom. The Morgan fingerprint density at radius 3 is 1.95 bits per heavy atom. The monoisotopic (exact) mass is 537 g/mol. The van der Waals surface area contributed by atoms with Crippen molar-refractivity contribution in [1.29, 1.82) is 0 Å². The van der Waals surface area contributed by atoms with E-state index >= 15 is 0 Å². The third-order valence-corrected chi connectivity index (χ3v) is 9.22. The lowest BCUT2D eigenvalue weighted by atomic mass is 9.81. The van der Waals surface area contributed by atoms with Crippen LogP contribution in [0, 0.1) is 12.3 Å². The fraction of sp³-hybridized carbons (Fsp3) is 0.400. The minimum absolute atomic E-state index is 0.195. The lowest BCUT2D eigenvalue weighted by molar-refractivity contribution is -0.357. The van der Waals surface area contributed by atoms with Gasteiger partial charge >= 0.3 is 0 Å². The van der Waals surface area contributed by atoms with Crippen molar-refractivity contribution in [2.75, 3.05) is 6.61 Å². The van der Waals surface area contributed by atoms with Gasteiger partial charge in [0.25, 0.3) is 9.04 Å². The van der Waals surface area contributed by atoms with Crippen molar-refractivity contribution in [1.82, 2.24) is 0 Å². The van der Waals surface area contributed by atoms with Crippen LogP contribution in [-0.4, -0.2) is 65.6 Å². The number of benzene rings is 3. The van der Waals surface area contributed by atoms with Gasteiger partial charge in [0.15, 0.2) is 0 Å². The van der Waals surface area contributed by atoms with Crippen molar-refractivity contribution in [2.24, 2.45) is 5.41 Å². The molecule has 203 valence electrons. The summed E-state index contributed by atoms with van der Waals surface area (Å²) >= 11 is 0. The molecule has 0 saturated carbocycles. The van der Waals surface area contributed by atoms with Crippen molar-refractivity contribution in [2.45, 2.75) is 64.0 Å². The SMILES string of the molecule is Cc1ccc([C@@]2(O)O[C@H](CO)[C@@H](O)[C@H](O)[C@H]2O)cc1C(O[Si](c1ccccc1)c1ccccc1)C(C)(C)C. The molecule has 0 aliphatic carbocycles. The highest BCUT2D eigenvalue weighted by molar-refractivity contribution is 6.80. The van der Waals surface area contributed by atoms with E-state index < -0.39 is 52.0 Å². The van der Waals surface area contributed by atoms with E-state index in [1.165, 1.54) is 0 Å². The molecule has 0 amide bonds. The zero-order valence-electron chi connectivity index (χ0n) is 22.2. The molecule has 4 rings (SSSR count). The normalized spacial score (nSPS) is 26.9. The Hall–Kier alpha value is -2.40. The molecule has 6 atom stereocenters. The van der Waals surface area contributed by atoms with Gasteiger partial charge in [-0.05, 0) is 39.9 Å². The molecule has 7 nitrogen and oxygen atoms in total. The second-order valence-corrected chi connectivity index (χ2v) is 13.0. The maximum Gasteiger partial charge on any atom is 0.283 e. The van der Waals surface area contributed by atoms with Crippen LogP contribution in [0.3, 0.4) is 0 Å². The summed E-state index contributed by atoms with van der Waals surface area (Å²) in [6.07, 6.45) is -6.78. The van der Waals surface area contributed by atoms with E-state index in [-0.39, 0.29) is 11.0 Å². The van der Waals surface area contributed by atoms with Crippen molar-refractivity contribution in [3.05, 3.63) is 95.6 Å². The number of ether oxygens (including phenoxy) is 1. The van der Waals surface area contributed by atoms with Gasteiger partial charge in [0.2, 0.25) is 5.79 Å². The van der Waals surface area contributed by atoms with Crippen LogP contribution < -0.4 is 10.4 Å². The Morgan fingerprint density at radius 2 is 1.45 bits per heavy atom.